The van der Waals surface area contributed by atoms with Gasteiger partial charge in [-0.2, -0.15) is 0 Å². The predicted molar refractivity (Wildman–Crippen MR) is 127 cm³/mol. The molecule has 0 radical (unpaired) electrons. The second kappa shape index (κ2) is 10.4. The van der Waals surface area contributed by atoms with Crippen LogP contribution in [0.3, 0.4) is 0 Å². The zero-order valence-corrected chi connectivity index (χ0v) is 18.8. The molecule has 1 atom stereocenters. The van der Waals surface area contributed by atoms with E-state index in [0.717, 1.165) is 43.9 Å². The topological polar surface area (TPSA) is 54.5 Å². The van der Waals surface area contributed by atoms with E-state index in [9.17, 15) is 4.79 Å². The third-order valence-electron chi connectivity index (χ3n) is 6.23. The molecule has 1 N–H and O–H groups in total. The first-order valence-electron chi connectivity index (χ1n) is 11.3. The molecule has 1 aromatic heterocycles. The molecule has 1 saturated heterocycles. The summed E-state index contributed by atoms with van der Waals surface area (Å²) in [6.45, 7) is 4.55. The van der Waals surface area contributed by atoms with Crippen molar-refractivity contribution in [2.75, 3.05) is 20.2 Å². The highest BCUT2D eigenvalue weighted by Gasteiger charge is 2.29. The number of carbonyl (C=O) groups is 1. The average Bonchev–Trinajstić information content (AvgIpc) is 2.84. The van der Waals surface area contributed by atoms with E-state index in [2.05, 4.69) is 51.6 Å². The van der Waals surface area contributed by atoms with Gasteiger partial charge >= 0.3 is 0 Å². The summed E-state index contributed by atoms with van der Waals surface area (Å²) in [6, 6.07) is 22.9. The summed E-state index contributed by atoms with van der Waals surface area (Å²) in [5, 5.41) is 3.14. The fraction of sp³-hybridized carbons (Fsp3) is 0.333. The van der Waals surface area contributed by atoms with E-state index in [1.165, 1.54) is 16.7 Å². The molecule has 0 spiro atoms. The molecule has 1 amide bonds. The molecule has 32 heavy (non-hydrogen) atoms. The van der Waals surface area contributed by atoms with Crippen molar-refractivity contribution in [3.63, 3.8) is 0 Å². The van der Waals surface area contributed by atoms with Gasteiger partial charge in [0.25, 0.3) is 0 Å². The van der Waals surface area contributed by atoms with E-state index >= 15 is 0 Å². The molecule has 0 saturated carbocycles. The average molecular weight is 430 g/mol. The van der Waals surface area contributed by atoms with Crippen molar-refractivity contribution < 1.29 is 9.53 Å². The smallest absolute Gasteiger partial charge is 0.217 e. The third kappa shape index (κ3) is 5.54. The molecule has 166 valence electrons. The van der Waals surface area contributed by atoms with Crippen LogP contribution in [0.4, 0.5) is 0 Å². The molecule has 1 fully saturated rings. The van der Waals surface area contributed by atoms with Gasteiger partial charge in [-0.05, 0) is 78.9 Å². The highest BCUT2D eigenvalue weighted by Crippen LogP contribution is 2.31. The van der Waals surface area contributed by atoms with Gasteiger partial charge in [0.15, 0.2) is 0 Å². The number of hydrogen-bond acceptors (Lipinski definition) is 4. The van der Waals surface area contributed by atoms with Gasteiger partial charge in [-0.15, -0.1) is 0 Å². The summed E-state index contributed by atoms with van der Waals surface area (Å²) in [7, 11) is 1.69. The molecule has 5 nitrogen and oxygen atoms in total. The second-order valence-electron chi connectivity index (χ2n) is 8.48. The summed E-state index contributed by atoms with van der Waals surface area (Å²) in [5.41, 5.74) is 4.69. The van der Waals surface area contributed by atoms with E-state index in [0.29, 0.717) is 5.92 Å². The van der Waals surface area contributed by atoms with Crippen molar-refractivity contribution in [2.24, 2.45) is 5.92 Å². The Labute approximate surface area is 190 Å². The highest BCUT2D eigenvalue weighted by molar-refractivity contribution is 5.73. The SMILES string of the molecule is COc1ccc(-c2cccc(CN3CCC(C(NC(C)=O)c4ccccn4)CC3)c2)cc1. The zero-order valence-electron chi connectivity index (χ0n) is 18.8. The third-order valence-corrected chi connectivity index (χ3v) is 6.23. The zero-order chi connectivity index (χ0) is 22.3. The number of benzene rings is 2. The lowest BCUT2D eigenvalue weighted by Gasteiger charge is -2.36. The van der Waals surface area contributed by atoms with Crippen LogP contribution in [0.1, 0.15) is 37.1 Å². The van der Waals surface area contributed by atoms with Crippen molar-refractivity contribution in [3.05, 3.63) is 84.2 Å². The van der Waals surface area contributed by atoms with E-state index in [1.54, 1.807) is 20.2 Å². The van der Waals surface area contributed by atoms with Gasteiger partial charge in [0.1, 0.15) is 5.75 Å². The molecular weight excluding hydrogens is 398 g/mol. The van der Waals surface area contributed by atoms with E-state index in [-0.39, 0.29) is 11.9 Å². The fourth-order valence-corrected chi connectivity index (χ4v) is 4.55. The number of methoxy groups -OCH3 is 1. The van der Waals surface area contributed by atoms with E-state index in [4.69, 9.17) is 4.74 Å². The summed E-state index contributed by atoms with van der Waals surface area (Å²) < 4.78 is 5.27. The van der Waals surface area contributed by atoms with Crippen molar-refractivity contribution in [1.82, 2.24) is 15.2 Å². The quantitative estimate of drug-likeness (QED) is 0.584. The number of aromatic nitrogens is 1. The van der Waals surface area contributed by atoms with Crippen LogP contribution >= 0.6 is 0 Å². The van der Waals surface area contributed by atoms with Crippen molar-refractivity contribution in [1.29, 1.82) is 0 Å². The Kier molecular flexibility index (Phi) is 7.17. The minimum Gasteiger partial charge on any atom is -0.497 e. The van der Waals surface area contributed by atoms with Crippen LogP contribution in [-0.4, -0.2) is 36.0 Å². The van der Waals surface area contributed by atoms with Gasteiger partial charge in [0.05, 0.1) is 18.8 Å². The predicted octanol–water partition coefficient (Wildman–Crippen LogP) is 4.85. The molecule has 4 rings (SSSR count). The maximum atomic E-state index is 11.8. The van der Waals surface area contributed by atoms with Gasteiger partial charge in [0.2, 0.25) is 5.91 Å². The highest BCUT2D eigenvalue weighted by atomic mass is 16.5. The van der Waals surface area contributed by atoms with E-state index in [1.807, 2.05) is 30.3 Å². The number of pyridine rings is 1. The number of likely N-dealkylation sites (tertiary alicyclic amines) is 1. The largest absolute Gasteiger partial charge is 0.497 e. The summed E-state index contributed by atoms with van der Waals surface area (Å²) in [5.74, 6) is 1.27. The maximum absolute atomic E-state index is 11.8. The number of carbonyl (C=O) groups excluding carboxylic acids is 1. The molecule has 2 heterocycles. The van der Waals surface area contributed by atoms with Gasteiger partial charge in [-0.3, -0.25) is 14.7 Å². The van der Waals surface area contributed by atoms with Gasteiger partial charge in [0, 0.05) is 19.7 Å². The van der Waals surface area contributed by atoms with Gasteiger partial charge in [-0.1, -0.05) is 36.4 Å². The van der Waals surface area contributed by atoms with Gasteiger partial charge in [-0.25, -0.2) is 0 Å². The van der Waals surface area contributed by atoms with Crippen LogP contribution in [0.5, 0.6) is 5.75 Å². The van der Waals surface area contributed by atoms with Crippen molar-refractivity contribution >= 4 is 5.91 Å². The Bertz CT molecular complexity index is 1010. The summed E-state index contributed by atoms with van der Waals surface area (Å²) in [4.78, 5) is 18.8. The Hall–Kier alpha value is -3.18. The normalized spacial score (nSPS) is 15.8. The number of ether oxygens (including phenoxy) is 1. The molecule has 1 unspecified atom stereocenters. The maximum Gasteiger partial charge on any atom is 0.217 e. The monoisotopic (exact) mass is 429 g/mol. The number of rotatable bonds is 7. The Morgan fingerprint density at radius 2 is 1.84 bits per heavy atom. The molecule has 0 bridgehead atoms. The van der Waals surface area contributed by atoms with E-state index < -0.39 is 0 Å². The van der Waals surface area contributed by atoms with Gasteiger partial charge < -0.3 is 10.1 Å². The van der Waals surface area contributed by atoms with Crippen LogP contribution in [0.15, 0.2) is 72.9 Å². The lowest BCUT2D eigenvalue weighted by Crippen LogP contribution is -2.40. The first kappa shape index (κ1) is 22.0. The molecule has 1 aliphatic heterocycles. The molecular formula is C27H31N3O2. The summed E-state index contributed by atoms with van der Waals surface area (Å²) in [6.07, 6.45) is 3.88. The Morgan fingerprint density at radius 3 is 2.50 bits per heavy atom. The van der Waals surface area contributed by atoms with Crippen LogP contribution < -0.4 is 10.1 Å². The number of nitrogens with one attached hydrogen (secondary N) is 1. The molecule has 0 aliphatic carbocycles. The minimum absolute atomic E-state index is 0.00145. The standard InChI is InChI=1S/C27H31N3O2/c1-20(31)29-27(26-8-3-4-15-28-26)23-13-16-30(17-14-23)19-21-6-5-7-24(18-21)22-9-11-25(32-2)12-10-22/h3-12,15,18,23,27H,13-14,16-17,19H2,1-2H3,(H,29,31). The van der Waals surface area contributed by atoms with Crippen molar-refractivity contribution in [3.8, 4) is 16.9 Å². The number of piperidine rings is 1. The Morgan fingerprint density at radius 1 is 1.06 bits per heavy atom. The molecule has 5 heteroatoms. The first-order chi connectivity index (χ1) is 15.6. The van der Waals surface area contributed by atoms with Crippen LogP contribution in [0.25, 0.3) is 11.1 Å². The summed E-state index contributed by atoms with van der Waals surface area (Å²) >= 11 is 0. The molecule has 2 aromatic carbocycles. The second-order valence-corrected chi connectivity index (χ2v) is 8.48. The lowest BCUT2D eigenvalue weighted by molar-refractivity contribution is -0.120. The molecule has 3 aromatic rings. The number of nitrogens with zero attached hydrogens (tertiary/aromatic N) is 2. The Balaban J connectivity index is 1.39. The van der Waals surface area contributed by atoms with Crippen LogP contribution in [0, 0.1) is 5.92 Å². The fourth-order valence-electron chi connectivity index (χ4n) is 4.55. The minimum atomic E-state index is -0.0192. The van der Waals surface area contributed by atoms with Crippen molar-refractivity contribution in [2.45, 2.75) is 32.4 Å². The van der Waals surface area contributed by atoms with Crippen LogP contribution in [-0.2, 0) is 11.3 Å². The number of hydrogen-bond donors (Lipinski definition) is 1. The first-order valence-corrected chi connectivity index (χ1v) is 11.3. The number of amides is 1. The lowest BCUT2D eigenvalue weighted by atomic mass is 9.87. The van der Waals surface area contributed by atoms with Crippen LogP contribution in [0.2, 0.25) is 0 Å². The molecule has 1 aliphatic rings.